The predicted molar refractivity (Wildman–Crippen MR) is 48.6 cm³/mol. The molecule has 1 amide bonds. The van der Waals surface area contributed by atoms with E-state index in [1.54, 1.807) is 0 Å². The molecule has 12 heavy (non-hydrogen) atoms. The number of hydrogen-bond donors (Lipinski definition) is 1. The third kappa shape index (κ3) is 2.21. The zero-order valence-corrected chi connectivity index (χ0v) is 7.75. The minimum atomic E-state index is 0.315. The molecule has 0 saturated carbocycles. The lowest BCUT2D eigenvalue weighted by Crippen LogP contribution is -2.27. The Hall–Kier alpha value is -0.570. The second-order valence-electron chi connectivity index (χ2n) is 3.46. The maximum atomic E-state index is 11.3. The van der Waals surface area contributed by atoms with Crippen LogP contribution in [0.3, 0.4) is 0 Å². The predicted octanol–water partition coefficient (Wildman–Crippen LogP) is 0.594. The van der Waals surface area contributed by atoms with Crippen molar-refractivity contribution >= 4 is 5.91 Å². The van der Waals surface area contributed by atoms with E-state index in [0.29, 0.717) is 18.4 Å². The first-order chi connectivity index (χ1) is 5.77. The van der Waals surface area contributed by atoms with Gasteiger partial charge in [-0.15, -0.1) is 0 Å². The fraction of sp³-hybridized carbons (Fsp3) is 0.889. The standard InChI is InChI=1S/C9H18N2O/c1-2-8-6-9(12)11(7-8)5-3-4-10/h8H,2-7,10H2,1H3. The van der Waals surface area contributed by atoms with Crippen molar-refractivity contribution in [2.24, 2.45) is 11.7 Å². The summed E-state index contributed by atoms with van der Waals surface area (Å²) in [6, 6.07) is 0. The smallest absolute Gasteiger partial charge is 0.222 e. The zero-order chi connectivity index (χ0) is 8.97. The molecule has 1 aliphatic rings. The third-order valence-corrected chi connectivity index (χ3v) is 2.50. The van der Waals surface area contributed by atoms with Gasteiger partial charge in [0.1, 0.15) is 0 Å². The molecule has 1 fully saturated rings. The molecular weight excluding hydrogens is 152 g/mol. The summed E-state index contributed by atoms with van der Waals surface area (Å²) in [5, 5.41) is 0. The maximum absolute atomic E-state index is 11.3. The molecule has 0 aliphatic carbocycles. The van der Waals surface area contributed by atoms with Crippen LogP contribution in [0.25, 0.3) is 0 Å². The Bertz CT molecular complexity index is 159. The SMILES string of the molecule is CCC1CC(=O)N(CCCN)C1. The van der Waals surface area contributed by atoms with Crippen LogP contribution in [0.1, 0.15) is 26.2 Å². The molecule has 0 aromatic rings. The van der Waals surface area contributed by atoms with E-state index in [0.717, 1.165) is 32.4 Å². The average molecular weight is 170 g/mol. The van der Waals surface area contributed by atoms with Gasteiger partial charge in [-0.2, -0.15) is 0 Å². The summed E-state index contributed by atoms with van der Waals surface area (Å²) in [7, 11) is 0. The van der Waals surface area contributed by atoms with Gasteiger partial charge in [0, 0.05) is 19.5 Å². The van der Waals surface area contributed by atoms with Crippen molar-refractivity contribution in [3.63, 3.8) is 0 Å². The molecule has 0 radical (unpaired) electrons. The van der Waals surface area contributed by atoms with Crippen LogP contribution < -0.4 is 5.73 Å². The second kappa shape index (κ2) is 4.45. The van der Waals surface area contributed by atoms with Gasteiger partial charge >= 0.3 is 0 Å². The van der Waals surface area contributed by atoms with E-state index in [9.17, 15) is 4.79 Å². The maximum Gasteiger partial charge on any atom is 0.222 e. The summed E-state index contributed by atoms with van der Waals surface area (Å²) in [4.78, 5) is 13.3. The van der Waals surface area contributed by atoms with E-state index in [1.165, 1.54) is 0 Å². The summed E-state index contributed by atoms with van der Waals surface area (Å²) < 4.78 is 0. The molecule has 3 nitrogen and oxygen atoms in total. The van der Waals surface area contributed by atoms with E-state index in [-0.39, 0.29) is 0 Å². The van der Waals surface area contributed by atoms with E-state index < -0.39 is 0 Å². The van der Waals surface area contributed by atoms with Crippen molar-refractivity contribution in [3.8, 4) is 0 Å². The summed E-state index contributed by atoms with van der Waals surface area (Å²) in [6.45, 7) is 4.63. The van der Waals surface area contributed by atoms with E-state index in [1.807, 2.05) is 4.90 Å². The molecule has 0 bridgehead atoms. The molecule has 3 heteroatoms. The van der Waals surface area contributed by atoms with Gasteiger partial charge in [0.2, 0.25) is 5.91 Å². The fourth-order valence-corrected chi connectivity index (χ4v) is 1.63. The highest BCUT2D eigenvalue weighted by Crippen LogP contribution is 2.20. The summed E-state index contributed by atoms with van der Waals surface area (Å²) in [6.07, 6.45) is 2.80. The lowest BCUT2D eigenvalue weighted by atomic mass is 10.1. The number of hydrogen-bond acceptors (Lipinski definition) is 2. The normalized spacial score (nSPS) is 23.7. The zero-order valence-electron chi connectivity index (χ0n) is 7.75. The number of nitrogens with two attached hydrogens (primary N) is 1. The number of nitrogens with zero attached hydrogens (tertiary/aromatic N) is 1. The Morgan fingerprint density at radius 2 is 2.42 bits per heavy atom. The highest BCUT2D eigenvalue weighted by Gasteiger charge is 2.27. The van der Waals surface area contributed by atoms with Crippen molar-refractivity contribution in [2.45, 2.75) is 26.2 Å². The van der Waals surface area contributed by atoms with E-state index in [2.05, 4.69) is 6.92 Å². The van der Waals surface area contributed by atoms with Crippen molar-refractivity contribution < 1.29 is 4.79 Å². The quantitative estimate of drug-likeness (QED) is 0.671. The van der Waals surface area contributed by atoms with Gasteiger partial charge in [0.25, 0.3) is 0 Å². The number of amides is 1. The van der Waals surface area contributed by atoms with Gasteiger partial charge in [-0.1, -0.05) is 13.3 Å². The Morgan fingerprint density at radius 3 is 2.92 bits per heavy atom. The van der Waals surface area contributed by atoms with Gasteiger partial charge in [0.15, 0.2) is 0 Å². The van der Waals surface area contributed by atoms with Crippen LogP contribution in [0.2, 0.25) is 0 Å². The summed E-state index contributed by atoms with van der Waals surface area (Å²) >= 11 is 0. The van der Waals surface area contributed by atoms with Crippen molar-refractivity contribution in [2.75, 3.05) is 19.6 Å². The molecule has 1 unspecified atom stereocenters. The van der Waals surface area contributed by atoms with Gasteiger partial charge < -0.3 is 10.6 Å². The van der Waals surface area contributed by atoms with Crippen LogP contribution in [-0.2, 0) is 4.79 Å². The molecule has 1 aliphatic heterocycles. The molecular formula is C9H18N2O. The second-order valence-corrected chi connectivity index (χ2v) is 3.46. The molecule has 0 aromatic heterocycles. The number of rotatable bonds is 4. The Kier molecular flexibility index (Phi) is 3.53. The van der Waals surface area contributed by atoms with Crippen molar-refractivity contribution in [1.82, 2.24) is 4.90 Å². The van der Waals surface area contributed by atoms with Crippen LogP contribution in [0.5, 0.6) is 0 Å². The van der Waals surface area contributed by atoms with Crippen molar-refractivity contribution in [1.29, 1.82) is 0 Å². The molecule has 1 heterocycles. The van der Waals surface area contributed by atoms with Crippen molar-refractivity contribution in [3.05, 3.63) is 0 Å². The van der Waals surface area contributed by atoms with Crippen LogP contribution in [0.4, 0.5) is 0 Å². The fourth-order valence-electron chi connectivity index (χ4n) is 1.63. The Balaban J connectivity index is 2.31. The highest BCUT2D eigenvalue weighted by atomic mass is 16.2. The first-order valence-corrected chi connectivity index (χ1v) is 4.75. The largest absolute Gasteiger partial charge is 0.342 e. The van der Waals surface area contributed by atoms with Gasteiger partial charge in [-0.25, -0.2) is 0 Å². The number of carbonyl (C=O) groups is 1. The molecule has 1 rings (SSSR count). The van der Waals surface area contributed by atoms with E-state index >= 15 is 0 Å². The number of likely N-dealkylation sites (tertiary alicyclic amines) is 1. The Morgan fingerprint density at radius 1 is 1.67 bits per heavy atom. The summed E-state index contributed by atoms with van der Waals surface area (Å²) in [5.74, 6) is 0.908. The monoisotopic (exact) mass is 170 g/mol. The first-order valence-electron chi connectivity index (χ1n) is 4.75. The van der Waals surface area contributed by atoms with Gasteiger partial charge in [0.05, 0.1) is 0 Å². The Labute approximate surface area is 73.9 Å². The average Bonchev–Trinajstić information content (AvgIpc) is 2.43. The lowest BCUT2D eigenvalue weighted by Gasteiger charge is -2.15. The van der Waals surface area contributed by atoms with Crippen LogP contribution in [-0.4, -0.2) is 30.4 Å². The topological polar surface area (TPSA) is 46.3 Å². The minimum absolute atomic E-state index is 0.315. The van der Waals surface area contributed by atoms with E-state index in [4.69, 9.17) is 5.73 Å². The highest BCUT2D eigenvalue weighted by molar-refractivity contribution is 5.78. The summed E-state index contributed by atoms with van der Waals surface area (Å²) in [5.41, 5.74) is 5.38. The third-order valence-electron chi connectivity index (χ3n) is 2.50. The van der Waals surface area contributed by atoms with Gasteiger partial charge in [-0.3, -0.25) is 4.79 Å². The molecule has 1 atom stereocenters. The number of carbonyl (C=O) groups excluding carboxylic acids is 1. The van der Waals surface area contributed by atoms with Crippen LogP contribution in [0.15, 0.2) is 0 Å². The minimum Gasteiger partial charge on any atom is -0.342 e. The lowest BCUT2D eigenvalue weighted by molar-refractivity contribution is -0.127. The van der Waals surface area contributed by atoms with Crippen LogP contribution in [0, 0.1) is 5.92 Å². The van der Waals surface area contributed by atoms with Crippen LogP contribution >= 0.6 is 0 Å². The molecule has 2 N–H and O–H groups in total. The molecule has 1 saturated heterocycles. The van der Waals surface area contributed by atoms with Gasteiger partial charge in [-0.05, 0) is 18.9 Å². The molecule has 0 spiro atoms. The molecule has 0 aromatic carbocycles. The first kappa shape index (κ1) is 9.52. The molecule has 70 valence electrons.